The van der Waals surface area contributed by atoms with Crippen LogP contribution in [-0.2, 0) is 4.74 Å². The minimum atomic E-state index is -1.25. The lowest BCUT2D eigenvalue weighted by Gasteiger charge is -2.30. The van der Waals surface area contributed by atoms with E-state index in [-0.39, 0.29) is 24.5 Å². The third kappa shape index (κ3) is 4.05. The molecule has 1 aromatic heterocycles. The van der Waals surface area contributed by atoms with Crippen molar-refractivity contribution in [3.8, 4) is 17.2 Å². The highest BCUT2D eigenvalue weighted by atomic mass is 16.5. The molecule has 0 bridgehead atoms. The van der Waals surface area contributed by atoms with Crippen LogP contribution in [0.3, 0.4) is 0 Å². The Kier molecular flexibility index (Phi) is 6.13. The molecule has 0 aliphatic carbocycles. The Morgan fingerprint density at radius 2 is 1.85 bits per heavy atom. The molecule has 0 radical (unpaired) electrons. The average molecular weight is 454 g/mol. The Balaban J connectivity index is 1.77. The predicted molar refractivity (Wildman–Crippen MR) is 117 cm³/mol. The van der Waals surface area contributed by atoms with Gasteiger partial charge >= 0.3 is 5.97 Å². The number of anilines is 1. The number of aromatic nitrogens is 1. The second-order valence-corrected chi connectivity index (χ2v) is 7.04. The van der Waals surface area contributed by atoms with E-state index in [1.54, 1.807) is 12.1 Å². The molecular formula is C22H22N4O7. The van der Waals surface area contributed by atoms with E-state index >= 15 is 0 Å². The number of nitrogens with zero attached hydrogens (tertiary/aromatic N) is 3. The number of carbonyl (C=O) groups is 2. The number of carboxylic acids is 1. The predicted octanol–water partition coefficient (Wildman–Crippen LogP) is 2.01. The zero-order valence-corrected chi connectivity index (χ0v) is 18.2. The molecule has 2 aromatic rings. The highest BCUT2D eigenvalue weighted by Crippen LogP contribution is 2.40. The van der Waals surface area contributed by atoms with Crippen LogP contribution in [0.1, 0.15) is 20.8 Å². The first kappa shape index (κ1) is 22.1. The van der Waals surface area contributed by atoms with Crippen LogP contribution in [0, 0.1) is 0 Å². The number of pyridine rings is 1. The van der Waals surface area contributed by atoms with Gasteiger partial charge < -0.3 is 29.4 Å². The van der Waals surface area contributed by atoms with E-state index in [1.807, 2.05) is 0 Å². The average Bonchev–Trinajstić information content (AvgIpc) is 3.32. The van der Waals surface area contributed by atoms with Crippen LogP contribution in [-0.4, -0.2) is 73.8 Å². The van der Waals surface area contributed by atoms with Gasteiger partial charge in [-0.2, -0.15) is 0 Å². The first-order chi connectivity index (χ1) is 16.0. The van der Waals surface area contributed by atoms with Crippen molar-refractivity contribution in [1.82, 2.24) is 9.88 Å². The molecule has 0 saturated carbocycles. The molecule has 4 rings (SSSR count). The molecule has 0 unspecified atom stereocenters. The van der Waals surface area contributed by atoms with Crippen LogP contribution >= 0.6 is 0 Å². The van der Waals surface area contributed by atoms with Crippen molar-refractivity contribution in [3.05, 3.63) is 53.1 Å². The number of benzene rings is 1. The van der Waals surface area contributed by atoms with Gasteiger partial charge in [0.2, 0.25) is 5.75 Å². The number of nitrogens with one attached hydrogen (secondary N) is 1. The fourth-order valence-electron chi connectivity index (χ4n) is 3.63. The monoisotopic (exact) mass is 454 g/mol. The summed E-state index contributed by atoms with van der Waals surface area (Å²) in [5, 5.41) is 12.7. The highest BCUT2D eigenvalue weighted by Gasteiger charge is 2.34. The van der Waals surface area contributed by atoms with Gasteiger partial charge in [0, 0.05) is 29.6 Å². The van der Waals surface area contributed by atoms with Crippen molar-refractivity contribution < 1.29 is 33.6 Å². The number of aliphatic imine (C=N–C) groups is 1. The summed E-state index contributed by atoms with van der Waals surface area (Å²) < 4.78 is 21.7. The number of fused-ring (bicyclic) bond motifs is 1. The van der Waals surface area contributed by atoms with Crippen LogP contribution in [0.4, 0.5) is 5.69 Å². The maximum Gasteiger partial charge on any atom is 0.338 e. The lowest BCUT2D eigenvalue weighted by atomic mass is 10.1. The molecule has 1 saturated heterocycles. The molecule has 2 N–H and O–H groups in total. The lowest BCUT2D eigenvalue weighted by Crippen LogP contribution is -2.39. The smallest absolute Gasteiger partial charge is 0.338 e. The molecule has 33 heavy (non-hydrogen) atoms. The molecule has 1 amide bonds. The zero-order chi connectivity index (χ0) is 23.5. The number of rotatable bonds is 7. The van der Waals surface area contributed by atoms with Crippen LogP contribution < -0.4 is 19.5 Å². The van der Waals surface area contributed by atoms with E-state index in [2.05, 4.69) is 15.3 Å². The Labute approximate surface area is 189 Å². The molecule has 172 valence electrons. The summed E-state index contributed by atoms with van der Waals surface area (Å²) in [6.07, 6.45) is 1.37. The maximum atomic E-state index is 13.4. The molecule has 11 heteroatoms. The summed E-state index contributed by atoms with van der Waals surface area (Å²) in [6, 6.07) is 6.19. The Bertz CT molecular complexity index is 1150. The Morgan fingerprint density at radius 3 is 2.48 bits per heavy atom. The van der Waals surface area contributed by atoms with Crippen LogP contribution in [0.15, 0.2) is 46.8 Å². The topological polar surface area (TPSA) is 132 Å². The number of aromatic carboxylic acids is 1. The number of carbonyl (C=O) groups excluding carboxylic acids is 1. The van der Waals surface area contributed by atoms with E-state index in [4.69, 9.17) is 18.9 Å². The molecule has 1 aromatic carbocycles. The number of amides is 1. The summed E-state index contributed by atoms with van der Waals surface area (Å²) in [7, 11) is 4.51. The van der Waals surface area contributed by atoms with Gasteiger partial charge in [-0.25, -0.2) is 4.79 Å². The standard InChI is InChI=1S/C22H22N4O7/c1-30-16-7-12(8-17(31-2)19(16)32-3)25-20-14-9-33-10-15(14)24-11-26(20)21(27)18-13(22(28)29)5-4-6-23-18/h4-8,25H,9-11H2,1-3H3,(H,28,29). The summed E-state index contributed by atoms with van der Waals surface area (Å²) in [5.74, 6) is -0.167. The lowest BCUT2D eigenvalue weighted by molar-refractivity contribution is 0.0681. The van der Waals surface area contributed by atoms with Gasteiger partial charge in [-0.1, -0.05) is 0 Å². The van der Waals surface area contributed by atoms with Gasteiger partial charge in [0.15, 0.2) is 11.5 Å². The van der Waals surface area contributed by atoms with Crippen molar-refractivity contribution in [3.63, 3.8) is 0 Å². The molecule has 1 fully saturated rings. The second kappa shape index (κ2) is 9.17. The quantitative estimate of drug-likeness (QED) is 0.645. The number of hydrogen-bond donors (Lipinski definition) is 2. The van der Waals surface area contributed by atoms with E-state index in [1.165, 1.54) is 44.6 Å². The molecule has 2 aliphatic rings. The van der Waals surface area contributed by atoms with Crippen molar-refractivity contribution in [2.75, 3.05) is 46.5 Å². The molecular weight excluding hydrogens is 432 g/mol. The largest absolute Gasteiger partial charge is 0.493 e. The van der Waals surface area contributed by atoms with Gasteiger partial charge in [0.1, 0.15) is 18.2 Å². The minimum Gasteiger partial charge on any atom is -0.493 e. The van der Waals surface area contributed by atoms with E-state index in [9.17, 15) is 14.7 Å². The third-order valence-electron chi connectivity index (χ3n) is 5.21. The Morgan fingerprint density at radius 1 is 1.12 bits per heavy atom. The van der Waals surface area contributed by atoms with Crippen molar-refractivity contribution >= 4 is 23.3 Å². The Hall–Kier alpha value is -4.12. The minimum absolute atomic E-state index is 0.0244. The van der Waals surface area contributed by atoms with Gasteiger partial charge in [-0.15, -0.1) is 0 Å². The molecule has 11 nitrogen and oxygen atoms in total. The van der Waals surface area contributed by atoms with Crippen LogP contribution in [0.25, 0.3) is 0 Å². The third-order valence-corrected chi connectivity index (χ3v) is 5.21. The maximum absolute atomic E-state index is 13.4. The zero-order valence-electron chi connectivity index (χ0n) is 18.2. The van der Waals surface area contributed by atoms with Crippen molar-refractivity contribution in [2.24, 2.45) is 4.99 Å². The number of methoxy groups -OCH3 is 3. The number of hydrogen-bond acceptors (Lipinski definition) is 9. The van der Waals surface area contributed by atoms with Crippen molar-refractivity contribution in [2.45, 2.75) is 0 Å². The van der Waals surface area contributed by atoms with Crippen LogP contribution in [0.5, 0.6) is 17.2 Å². The highest BCUT2D eigenvalue weighted by molar-refractivity contribution is 6.08. The normalized spacial score (nSPS) is 15.0. The van der Waals surface area contributed by atoms with E-state index in [0.717, 1.165) is 0 Å². The van der Waals surface area contributed by atoms with Gasteiger partial charge in [0.25, 0.3) is 5.91 Å². The summed E-state index contributed by atoms with van der Waals surface area (Å²) >= 11 is 0. The van der Waals surface area contributed by atoms with Gasteiger partial charge in [0.05, 0.1) is 45.8 Å². The second-order valence-electron chi connectivity index (χ2n) is 7.04. The fraction of sp³-hybridized carbons (Fsp3) is 0.273. The molecule has 0 spiro atoms. The van der Waals surface area contributed by atoms with E-state index < -0.39 is 11.9 Å². The molecule has 3 heterocycles. The summed E-state index contributed by atoms with van der Waals surface area (Å²) in [6.45, 7) is 0.536. The van der Waals surface area contributed by atoms with Crippen LogP contribution in [0.2, 0.25) is 0 Å². The molecule has 2 aliphatic heterocycles. The van der Waals surface area contributed by atoms with E-state index in [0.29, 0.717) is 46.6 Å². The SMILES string of the molecule is COc1cc(NC2=C3COCC3=NCN2C(=O)c2ncccc2C(=O)O)cc(OC)c1OC. The summed E-state index contributed by atoms with van der Waals surface area (Å²) in [5.41, 5.74) is 1.58. The molecule has 0 atom stereocenters. The van der Waals surface area contributed by atoms with Gasteiger partial charge in [-0.3, -0.25) is 19.7 Å². The first-order valence-corrected chi connectivity index (χ1v) is 9.90. The first-order valence-electron chi connectivity index (χ1n) is 9.90. The van der Waals surface area contributed by atoms with Crippen molar-refractivity contribution in [1.29, 1.82) is 0 Å². The van der Waals surface area contributed by atoms with Gasteiger partial charge in [-0.05, 0) is 12.1 Å². The fourth-order valence-corrected chi connectivity index (χ4v) is 3.63. The summed E-state index contributed by atoms with van der Waals surface area (Å²) in [4.78, 5) is 34.8. The number of ether oxygens (including phenoxy) is 4. The number of carboxylic acid groups (broad SMARTS) is 1.